The highest BCUT2D eigenvalue weighted by Gasteiger charge is 2.21. The third-order valence-electron chi connectivity index (χ3n) is 2.90. The van der Waals surface area contributed by atoms with Crippen LogP contribution in [0.4, 0.5) is 0 Å². The first-order chi connectivity index (χ1) is 7.58. The quantitative estimate of drug-likeness (QED) is 0.537. The number of quaternary nitrogens is 1. The summed E-state index contributed by atoms with van der Waals surface area (Å²) in [5.41, 5.74) is 2.28. The van der Waals surface area contributed by atoms with Crippen LogP contribution in [0.15, 0.2) is 12.1 Å². The van der Waals surface area contributed by atoms with Gasteiger partial charge in [0, 0.05) is 18.9 Å². The fourth-order valence-electron chi connectivity index (χ4n) is 2.12. The van der Waals surface area contributed by atoms with E-state index in [1.165, 1.54) is 6.92 Å². The van der Waals surface area contributed by atoms with Crippen molar-refractivity contribution in [3.05, 3.63) is 23.3 Å². The molecule has 0 unspecified atom stereocenters. The van der Waals surface area contributed by atoms with E-state index in [-0.39, 0.29) is 11.5 Å². The van der Waals surface area contributed by atoms with Crippen LogP contribution in [0.3, 0.4) is 0 Å². The second kappa shape index (κ2) is 4.14. The number of fused-ring (bicyclic) bond motifs is 1. The van der Waals surface area contributed by atoms with Crippen molar-refractivity contribution in [1.82, 2.24) is 0 Å². The van der Waals surface area contributed by atoms with Gasteiger partial charge in [-0.05, 0) is 24.6 Å². The number of hydrogen-bond acceptors (Lipinski definition) is 3. The third-order valence-corrected chi connectivity index (χ3v) is 2.90. The standard InChI is InChI=1S/C12H15NO3/c1-7-10-6-11(15)12(16-8(2)14)5-9(10)3-4-13-7/h5-7,13,15H,3-4H2,1-2H3/p+1/t7-/m1/s1. The molecule has 0 aromatic heterocycles. The Bertz CT molecular complexity index is 429. The summed E-state index contributed by atoms with van der Waals surface area (Å²) < 4.78 is 4.95. The monoisotopic (exact) mass is 222 g/mol. The third kappa shape index (κ3) is 2.02. The first-order valence-corrected chi connectivity index (χ1v) is 5.45. The maximum atomic E-state index is 10.9. The number of phenolic OH excluding ortho intramolecular Hbond substituents is 1. The topological polar surface area (TPSA) is 63.1 Å². The van der Waals surface area contributed by atoms with Crippen LogP contribution in [0.25, 0.3) is 0 Å². The van der Waals surface area contributed by atoms with E-state index in [1.807, 2.05) is 0 Å². The molecule has 0 saturated carbocycles. The summed E-state index contributed by atoms with van der Waals surface area (Å²) in [5.74, 6) is -0.109. The molecule has 0 bridgehead atoms. The van der Waals surface area contributed by atoms with Crippen molar-refractivity contribution in [2.24, 2.45) is 0 Å². The Kier molecular flexibility index (Phi) is 2.83. The summed E-state index contributed by atoms with van der Waals surface area (Å²) >= 11 is 0. The van der Waals surface area contributed by atoms with E-state index in [0.717, 1.165) is 24.1 Å². The van der Waals surface area contributed by atoms with Crippen molar-refractivity contribution in [2.75, 3.05) is 6.54 Å². The van der Waals surface area contributed by atoms with Gasteiger partial charge in [0.05, 0.1) is 6.54 Å². The van der Waals surface area contributed by atoms with Gasteiger partial charge in [0.15, 0.2) is 11.5 Å². The van der Waals surface area contributed by atoms with E-state index < -0.39 is 5.97 Å². The van der Waals surface area contributed by atoms with E-state index >= 15 is 0 Å². The predicted octanol–water partition coefficient (Wildman–Crippen LogP) is 0.498. The first kappa shape index (κ1) is 11.0. The molecule has 3 N–H and O–H groups in total. The first-order valence-electron chi connectivity index (χ1n) is 5.45. The lowest BCUT2D eigenvalue weighted by Gasteiger charge is -2.21. The van der Waals surface area contributed by atoms with Gasteiger partial charge >= 0.3 is 5.97 Å². The van der Waals surface area contributed by atoms with Gasteiger partial charge in [0.25, 0.3) is 0 Å². The van der Waals surface area contributed by atoms with Gasteiger partial charge in [-0.25, -0.2) is 0 Å². The molecule has 0 fully saturated rings. The molecule has 1 aromatic carbocycles. The zero-order valence-corrected chi connectivity index (χ0v) is 9.49. The number of benzene rings is 1. The molecule has 0 amide bonds. The van der Waals surface area contributed by atoms with Crippen LogP contribution < -0.4 is 10.1 Å². The van der Waals surface area contributed by atoms with Crippen LogP contribution in [0, 0.1) is 0 Å². The van der Waals surface area contributed by atoms with Crippen molar-refractivity contribution >= 4 is 5.97 Å². The van der Waals surface area contributed by atoms with Crippen LogP contribution >= 0.6 is 0 Å². The summed E-state index contributed by atoms with van der Waals surface area (Å²) in [6, 6.07) is 3.82. The number of ether oxygens (including phenoxy) is 1. The lowest BCUT2D eigenvalue weighted by atomic mass is 9.95. The van der Waals surface area contributed by atoms with Crippen molar-refractivity contribution in [2.45, 2.75) is 26.3 Å². The Balaban J connectivity index is 2.40. The number of esters is 1. The molecule has 2 rings (SSSR count). The van der Waals surface area contributed by atoms with E-state index in [1.54, 1.807) is 12.1 Å². The lowest BCUT2D eigenvalue weighted by Crippen LogP contribution is -2.86. The largest absolute Gasteiger partial charge is 0.504 e. The second-order valence-corrected chi connectivity index (χ2v) is 4.18. The van der Waals surface area contributed by atoms with Gasteiger partial charge in [-0.3, -0.25) is 4.79 Å². The molecule has 0 aliphatic carbocycles. The van der Waals surface area contributed by atoms with E-state index in [4.69, 9.17) is 4.74 Å². The highest BCUT2D eigenvalue weighted by atomic mass is 16.5. The zero-order chi connectivity index (χ0) is 11.7. The minimum absolute atomic E-state index is 0.0381. The highest BCUT2D eigenvalue weighted by molar-refractivity contribution is 5.70. The summed E-state index contributed by atoms with van der Waals surface area (Å²) in [6.45, 7) is 4.46. The van der Waals surface area contributed by atoms with Crippen LogP contribution in [0.1, 0.15) is 31.0 Å². The predicted molar refractivity (Wildman–Crippen MR) is 58.3 cm³/mol. The number of nitrogens with two attached hydrogens (primary N) is 1. The molecule has 0 spiro atoms. The molecule has 1 aliphatic heterocycles. The molecule has 1 aliphatic rings. The fourth-order valence-corrected chi connectivity index (χ4v) is 2.12. The van der Waals surface area contributed by atoms with E-state index in [0.29, 0.717) is 6.04 Å². The highest BCUT2D eigenvalue weighted by Crippen LogP contribution is 2.32. The molecule has 1 aromatic rings. The number of rotatable bonds is 1. The average molecular weight is 222 g/mol. The molecular weight excluding hydrogens is 206 g/mol. The molecule has 4 nitrogen and oxygen atoms in total. The maximum Gasteiger partial charge on any atom is 0.308 e. The minimum Gasteiger partial charge on any atom is -0.504 e. The van der Waals surface area contributed by atoms with E-state index in [2.05, 4.69) is 12.2 Å². The Morgan fingerprint density at radius 3 is 3.00 bits per heavy atom. The SMILES string of the molecule is CC(=O)Oc1cc2c(cc1O)[C@@H](C)[NH2+]CC2. The maximum absolute atomic E-state index is 10.9. The van der Waals surface area contributed by atoms with Gasteiger partial charge in [-0.2, -0.15) is 0 Å². The summed E-state index contributed by atoms with van der Waals surface area (Å²) in [6.07, 6.45) is 0.939. The molecule has 16 heavy (non-hydrogen) atoms. The molecule has 0 saturated heterocycles. The van der Waals surface area contributed by atoms with Gasteiger partial charge < -0.3 is 15.2 Å². The van der Waals surface area contributed by atoms with Crippen LogP contribution in [0.5, 0.6) is 11.5 Å². The van der Waals surface area contributed by atoms with Crippen molar-refractivity contribution < 1.29 is 20.0 Å². The van der Waals surface area contributed by atoms with Crippen molar-refractivity contribution in [3.63, 3.8) is 0 Å². The summed E-state index contributed by atoms with van der Waals surface area (Å²) in [5, 5.41) is 12.0. The van der Waals surface area contributed by atoms with Gasteiger partial charge in [-0.1, -0.05) is 0 Å². The fraction of sp³-hybridized carbons (Fsp3) is 0.417. The van der Waals surface area contributed by atoms with Crippen LogP contribution in [-0.2, 0) is 11.2 Å². The normalized spacial score (nSPS) is 19.0. The van der Waals surface area contributed by atoms with Gasteiger partial charge in [-0.15, -0.1) is 0 Å². The smallest absolute Gasteiger partial charge is 0.308 e. The Labute approximate surface area is 94.2 Å². The van der Waals surface area contributed by atoms with Gasteiger partial charge in [0.1, 0.15) is 6.04 Å². The molecular formula is C12H16NO3+. The van der Waals surface area contributed by atoms with Crippen molar-refractivity contribution in [3.8, 4) is 11.5 Å². The summed E-state index contributed by atoms with van der Waals surface area (Å²) in [7, 11) is 0. The Hall–Kier alpha value is -1.55. The van der Waals surface area contributed by atoms with Crippen LogP contribution in [0.2, 0.25) is 0 Å². The van der Waals surface area contributed by atoms with E-state index in [9.17, 15) is 9.90 Å². The zero-order valence-electron chi connectivity index (χ0n) is 9.49. The molecule has 4 heteroatoms. The second-order valence-electron chi connectivity index (χ2n) is 4.18. The number of hydrogen-bond donors (Lipinski definition) is 2. The number of aromatic hydroxyl groups is 1. The Morgan fingerprint density at radius 2 is 2.31 bits per heavy atom. The van der Waals surface area contributed by atoms with Crippen LogP contribution in [-0.4, -0.2) is 17.6 Å². The Morgan fingerprint density at radius 1 is 1.56 bits per heavy atom. The molecule has 0 radical (unpaired) electrons. The molecule has 1 atom stereocenters. The number of phenols is 1. The van der Waals surface area contributed by atoms with Crippen molar-refractivity contribution in [1.29, 1.82) is 0 Å². The average Bonchev–Trinajstić information content (AvgIpc) is 2.20. The molecule has 86 valence electrons. The van der Waals surface area contributed by atoms with Gasteiger partial charge in [0.2, 0.25) is 0 Å². The lowest BCUT2D eigenvalue weighted by molar-refractivity contribution is -0.695. The summed E-state index contributed by atoms with van der Waals surface area (Å²) in [4.78, 5) is 10.9. The minimum atomic E-state index is -0.411. The number of carbonyl (C=O) groups excluding carboxylic acids is 1. The molecule has 1 heterocycles. The number of carbonyl (C=O) groups is 1.